The van der Waals surface area contributed by atoms with Gasteiger partial charge in [-0.15, -0.1) is 0 Å². The smallest absolute Gasteiger partial charge is 0.164 e. The summed E-state index contributed by atoms with van der Waals surface area (Å²) in [6.45, 7) is 0. The number of nitrogens with zero attached hydrogens (tertiary/aromatic N) is 5. The summed E-state index contributed by atoms with van der Waals surface area (Å²) in [7, 11) is 0. The first-order valence-electron chi connectivity index (χ1n) is 21.1. The minimum absolute atomic E-state index is 0.471. The Hall–Kier alpha value is -7.37. The quantitative estimate of drug-likeness (QED) is 0.158. The summed E-state index contributed by atoms with van der Waals surface area (Å²) < 4.78 is 2.39. The highest BCUT2D eigenvalue weighted by Crippen LogP contribution is 2.51. The van der Waals surface area contributed by atoms with E-state index in [0.29, 0.717) is 35.4 Å². The molecular formula is C55H41N5. The average Bonchev–Trinajstić information content (AvgIpc) is 3.84. The number of aromatic nitrogens is 4. The minimum atomic E-state index is 0.471. The molecule has 3 heterocycles. The molecule has 0 spiro atoms. The maximum absolute atomic E-state index is 5.07. The lowest BCUT2D eigenvalue weighted by Gasteiger charge is -2.31. The molecule has 5 nitrogen and oxygen atoms in total. The zero-order valence-electron chi connectivity index (χ0n) is 33.1. The van der Waals surface area contributed by atoms with Crippen LogP contribution < -0.4 is 4.90 Å². The first-order chi connectivity index (χ1) is 29.7. The van der Waals surface area contributed by atoms with Crippen LogP contribution in [0.1, 0.15) is 24.8 Å². The van der Waals surface area contributed by atoms with E-state index < -0.39 is 0 Å². The summed E-state index contributed by atoms with van der Waals surface area (Å²) in [4.78, 5) is 17.7. The fourth-order valence-electron chi connectivity index (χ4n) is 10.1. The molecule has 1 saturated heterocycles. The van der Waals surface area contributed by atoms with Gasteiger partial charge in [-0.3, -0.25) is 0 Å². The van der Waals surface area contributed by atoms with Gasteiger partial charge in [0.1, 0.15) is 0 Å². The van der Waals surface area contributed by atoms with E-state index in [1.54, 1.807) is 0 Å². The maximum Gasteiger partial charge on any atom is 0.164 e. The Morgan fingerprint density at radius 3 is 1.95 bits per heavy atom. The maximum atomic E-state index is 5.07. The molecular weight excluding hydrogens is 731 g/mol. The second-order valence-electron chi connectivity index (χ2n) is 16.3. The van der Waals surface area contributed by atoms with Crippen molar-refractivity contribution in [2.24, 2.45) is 11.8 Å². The summed E-state index contributed by atoms with van der Waals surface area (Å²) in [5.41, 5.74) is 11.8. The van der Waals surface area contributed by atoms with E-state index in [4.69, 9.17) is 15.0 Å². The minimum Gasteiger partial charge on any atom is -0.341 e. The van der Waals surface area contributed by atoms with Gasteiger partial charge in [0.2, 0.25) is 0 Å². The van der Waals surface area contributed by atoms with Crippen molar-refractivity contribution in [3.05, 3.63) is 205 Å². The number of allylic oxidation sites excluding steroid dienone is 5. The lowest BCUT2D eigenvalue weighted by Crippen LogP contribution is -2.32. The Morgan fingerprint density at radius 2 is 1.13 bits per heavy atom. The van der Waals surface area contributed by atoms with Gasteiger partial charge in [-0.1, -0.05) is 127 Å². The van der Waals surface area contributed by atoms with Crippen molar-refractivity contribution in [3.63, 3.8) is 0 Å². The molecule has 60 heavy (non-hydrogen) atoms. The molecule has 5 heteroatoms. The Bertz CT molecular complexity index is 3190. The molecule has 9 aromatic rings. The van der Waals surface area contributed by atoms with Crippen LogP contribution in [0.15, 0.2) is 200 Å². The van der Waals surface area contributed by atoms with Crippen LogP contribution in [-0.2, 0) is 0 Å². The third-order valence-corrected chi connectivity index (χ3v) is 12.9. The van der Waals surface area contributed by atoms with Gasteiger partial charge >= 0.3 is 0 Å². The number of fused-ring (bicyclic) bond motifs is 7. The van der Waals surface area contributed by atoms with Crippen LogP contribution in [0.2, 0.25) is 0 Å². The zero-order chi connectivity index (χ0) is 39.6. The van der Waals surface area contributed by atoms with Gasteiger partial charge in [0.25, 0.3) is 0 Å². The molecule has 1 fully saturated rings. The van der Waals surface area contributed by atoms with Gasteiger partial charge in [0, 0.05) is 62.4 Å². The molecule has 0 bridgehead atoms. The van der Waals surface area contributed by atoms with Gasteiger partial charge in [-0.05, 0) is 108 Å². The SMILES string of the molecule is C1=CC2C3CC(c4ccc5c(c4)c4ccccc4n5-c4ccc(-c5nc(-c6ccccc6)nc(-c6ccc7ccccc7c6)n5)cc4)=CC=C3N(c3ccccc3)C2CC1. The van der Waals surface area contributed by atoms with Crippen LogP contribution in [0.5, 0.6) is 0 Å². The van der Waals surface area contributed by atoms with Crippen molar-refractivity contribution in [1.82, 2.24) is 19.5 Å². The van der Waals surface area contributed by atoms with Crippen molar-refractivity contribution in [1.29, 1.82) is 0 Å². The number of benzene rings is 7. The van der Waals surface area contributed by atoms with Crippen LogP contribution >= 0.6 is 0 Å². The summed E-state index contributed by atoms with van der Waals surface area (Å²) in [5.74, 6) is 2.95. The number of anilines is 1. The molecule has 1 aliphatic heterocycles. The molecule has 286 valence electrons. The van der Waals surface area contributed by atoms with Crippen molar-refractivity contribution >= 4 is 43.8 Å². The second kappa shape index (κ2) is 14.2. The Kier molecular flexibility index (Phi) is 8.19. The lowest BCUT2D eigenvalue weighted by atomic mass is 9.78. The normalized spacial score (nSPS) is 18.4. The molecule has 2 aliphatic carbocycles. The van der Waals surface area contributed by atoms with Crippen LogP contribution in [0.3, 0.4) is 0 Å². The van der Waals surface area contributed by atoms with Crippen LogP contribution in [0, 0.1) is 11.8 Å². The van der Waals surface area contributed by atoms with E-state index in [-0.39, 0.29) is 0 Å². The van der Waals surface area contributed by atoms with E-state index in [0.717, 1.165) is 40.6 Å². The molecule has 0 N–H and O–H groups in total. The summed E-state index contributed by atoms with van der Waals surface area (Å²) in [6, 6.07) is 61.0. The van der Waals surface area contributed by atoms with Crippen molar-refractivity contribution < 1.29 is 0 Å². The standard InChI is InChI=1S/C55H41N5/c1-3-14-37(15-4-1)53-56-54(58-55(57-53)42-24-23-36-13-7-8-16-39(36)33-42)38-25-29-44(30-26-38)60-50-22-12-10-20-46(50)48-35-41(28-32-52(48)60)40-27-31-51-47(34-40)45-19-9-11-21-49(45)59(51)43-17-5-2-6-18-43/h1-10,12-20,22-33,35,45,47,49H,11,21,34H2. The topological polar surface area (TPSA) is 46.8 Å². The third-order valence-electron chi connectivity index (χ3n) is 12.9. The molecule has 0 amide bonds. The van der Waals surface area contributed by atoms with Crippen molar-refractivity contribution in [3.8, 4) is 39.9 Å². The van der Waals surface area contributed by atoms with E-state index >= 15 is 0 Å². The molecule has 3 unspecified atom stereocenters. The predicted octanol–water partition coefficient (Wildman–Crippen LogP) is 13.3. The highest BCUT2D eigenvalue weighted by Gasteiger charge is 2.45. The highest BCUT2D eigenvalue weighted by atomic mass is 15.2. The van der Waals surface area contributed by atoms with Crippen LogP contribution in [-0.4, -0.2) is 25.6 Å². The average molecular weight is 772 g/mol. The Labute approximate surface area is 349 Å². The third kappa shape index (κ3) is 5.80. The number of hydrogen-bond acceptors (Lipinski definition) is 4. The molecule has 0 radical (unpaired) electrons. The zero-order valence-corrected chi connectivity index (χ0v) is 33.1. The van der Waals surface area contributed by atoms with E-state index in [1.165, 1.54) is 56.1 Å². The molecule has 0 saturated carbocycles. The first-order valence-corrected chi connectivity index (χ1v) is 21.1. The second-order valence-corrected chi connectivity index (χ2v) is 16.3. The highest BCUT2D eigenvalue weighted by molar-refractivity contribution is 6.10. The molecule has 2 aromatic heterocycles. The van der Waals surface area contributed by atoms with Gasteiger partial charge in [0.15, 0.2) is 17.5 Å². The largest absolute Gasteiger partial charge is 0.341 e. The van der Waals surface area contributed by atoms with Crippen LogP contribution in [0.4, 0.5) is 5.69 Å². The van der Waals surface area contributed by atoms with Crippen molar-refractivity contribution in [2.75, 3.05) is 4.90 Å². The molecule has 7 aromatic carbocycles. The first kappa shape index (κ1) is 34.7. The molecule has 3 atom stereocenters. The fourth-order valence-corrected chi connectivity index (χ4v) is 10.1. The van der Waals surface area contributed by atoms with Gasteiger partial charge in [-0.25, -0.2) is 15.0 Å². The summed E-state index contributed by atoms with van der Waals surface area (Å²) in [5, 5.41) is 4.86. The Balaban J connectivity index is 0.913. The van der Waals surface area contributed by atoms with Gasteiger partial charge in [0.05, 0.1) is 11.0 Å². The Morgan fingerprint density at radius 1 is 0.483 bits per heavy atom. The van der Waals surface area contributed by atoms with E-state index in [9.17, 15) is 0 Å². The number of para-hydroxylation sites is 2. The van der Waals surface area contributed by atoms with Gasteiger partial charge in [-0.2, -0.15) is 0 Å². The monoisotopic (exact) mass is 771 g/mol. The summed E-state index contributed by atoms with van der Waals surface area (Å²) >= 11 is 0. The fraction of sp³-hybridized carbons (Fsp3) is 0.109. The van der Waals surface area contributed by atoms with Crippen LogP contribution in [0.25, 0.3) is 78.0 Å². The van der Waals surface area contributed by atoms with E-state index in [2.05, 4.69) is 185 Å². The van der Waals surface area contributed by atoms with E-state index in [1.807, 2.05) is 18.2 Å². The van der Waals surface area contributed by atoms with Gasteiger partial charge < -0.3 is 9.47 Å². The number of hydrogen-bond donors (Lipinski definition) is 0. The lowest BCUT2D eigenvalue weighted by molar-refractivity contribution is 0.428. The predicted molar refractivity (Wildman–Crippen MR) is 247 cm³/mol. The molecule has 12 rings (SSSR count). The van der Waals surface area contributed by atoms with Crippen molar-refractivity contribution in [2.45, 2.75) is 25.3 Å². The summed E-state index contributed by atoms with van der Waals surface area (Å²) in [6.07, 6.45) is 13.1. The molecule has 3 aliphatic rings. The number of rotatable bonds is 6.